The van der Waals surface area contributed by atoms with Crippen LogP contribution in [0.4, 0.5) is 4.53 Å². The first-order valence-electron chi connectivity index (χ1n) is 9.17. The Morgan fingerprint density at radius 3 is 2.73 bits per heavy atom. The molecule has 0 saturated heterocycles. The second-order valence-corrected chi connectivity index (χ2v) is 6.89. The number of nitrogens with zero attached hydrogens (tertiary/aromatic N) is 2. The van der Waals surface area contributed by atoms with Crippen molar-refractivity contribution in [3.63, 3.8) is 0 Å². The molecular formula is C23H15FN2O4. The van der Waals surface area contributed by atoms with Gasteiger partial charge in [0.15, 0.2) is 11.5 Å². The summed E-state index contributed by atoms with van der Waals surface area (Å²) in [6, 6.07) is 15.7. The number of ketones is 1. The normalized spacial score (nSPS) is 14.2. The van der Waals surface area contributed by atoms with Gasteiger partial charge in [-0.3, -0.25) is 9.74 Å². The quantitative estimate of drug-likeness (QED) is 0.497. The summed E-state index contributed by atoms with van der Waals surface area (Å²) in [6.45, 7) is 0. The van der Waals surface area contributed by atoms with E-state index in [1.54, 1.807) is 12.3 Å². The predicted molar refractivity (Wildman–Crippen MR) is 109 cm³/mol. The van der Waals surface area contributed by atoms with Gasteiger partial charge in [-0.05, 0) is 23.8 Å². The number of Topliss-reactive ketones (excluding diaryl/α,β-unsaturated/α-hetero) is 1. The molecule has 30 heavy (non-hydrogen) atoms. The molecule has 1 aliphatic rings. The molecule has 0 aliphatic carbocycles. The third-order valence-electron chi connectivity index (χ3n) is 5.12. The molecule has 4 aromatic rings. The molecule has 3 heterocycles. The minimum absolute atomic E-state index is 0.0184. The number of phenolic OH excluding ortho intramolecular Hbond substituents is 1. The monoisotopic (exact) mass is 402 g/mol. The van der Waals surface area contributed by atoms with Gasteiger partial charge in [0.25, 0.3) is 0 Å². The van der Waals surface area contributed by atoms with Crippen LogP contribution in [0.3, 0.4) is 0 Å². The van der Waals surface area contributed by atoms with Crippen molar-refractivity contribution in [3.8, 4) is 28.5 Å². The van der Waals surface area contributed by atoms with Gasteiger partial charge in [-0.2, -0.15) is 0 Å². The number of aromatic hydroxyl groups is 1. The van der Waals surface area contributed by atoms with Crippen LogP contribution in [-0.2, 0) is 7.05 Å². The van der Waals surface area contributed by atoms with Crippen molar-refractivity contribution >= 4 is 22.9 Å². The lowest BCUT2D eigenvalue weighted by molar-refractivity contribution is -0.00658. The van der Waals surface area contributed by atoms with Crippen LogP contribution in [0.1, 0.15) is 15.9 Å². The highest BCUT2D eigenvalue weighted by atomic mass is 19.3. The Hall–Kier alpha value is -4.13. The van der Waals surface area contributed by atoms with Crippen molar-refractivity contribution in [3.05, 3.63) is 77.7 Å². The average Bonchev–Trinajstić information content (AvgIpc) is 3.23. The summed E-state index contributed by atoms with van der Waals surface area (Å²) in [5.74, 6) is -1.09. The van der Waals surface area contributed by atoms with Crippen LogP contribution in [0, 0.1) is 0 Å². The highest BCUT2D eigenvalue weighted by molar-refractivity contribution is 6.17. The largest absolute Gasteiger partial charge is 0.507 e. The Balaban J connectivity index is 1.72. The number of pyridine rings is 1. The van der Waals surface area contributed by atoms with E-state index in [9.17, 15) is 14.4 Å². The van der Waals surface area contributed by atoms with Crippen LogP contribution in [0.2, 0.25) is 0 Å². The number of aromatic nitrogens is 2. The molecule has 0 unspecified atom stereocenters. The summed E-state index contributed by atoms with van der Waals surface area (Å²) in [5.41, 5.74) is 3.29. The molecule has 1 N–H and O–H groups in total. The zero-order chi connectivity index (χ0) is 20.8. The summed E-state index contributed by atoms with van der Waals surface area (Å²) >= 11 is 0. The number of ether oxygens (including phenoxy) is 1. The molecule has 0 spiro atoms. The van der Waals surface area contributed by atoms with Crippen LogP contribution < -0.4 is 9.68 Å². The molecule has 1 aliphatic heterocycles. The van der Waals surface area contributed by atoms with Gasteiger partial charge < -0.3 is 14.4 Å². The number of rotatable bonds is 3. The van der Waals surface area contributed by atoms with E-state index in [1.807, 2.05) is 54.1 Å². The second-order valence-electron chi connectivity index (χ2n) is 6.89. The number of aryl methyl sites for hydroxylation is 1. The summed E-state index contributed by atoms with van der Waals surface area (Å²) in [7, 11) is 1.91. The number of carbonyl (C=O) groups is 1. The van der Waals surface area contributed by atoms with Gasteiger partial charge >= 0.3 is 0 Å². The van der Waals surface area contributed by atoms with Gasteiger partial charge in [0.05, 0.1) is 5.69 Å². The van der Waals surface area contributed by atoms with Crippen LogP contribution >= 0.6 is 0 Å². The zero-order valence-corrected chi connectivity index (χ0v) is 15.8. The Morgan fingerprint density at radius 1 is 1.17 bits per heavy atom. The SMILES string of the molecule is Cn1c(-c2ccccc2)c(/C=C2\Oc3cc(OF)cc(O)c3C2=O)c2cccnc21. The maximum atomic E-state index is 12.9. The number of carbonyl (C=O) groups excluding carboxylic acids is 1. The van der Waals surface area contributed by atoms with Gasteiger partial charge in [-0.25, -0.2) is 4.98 Å². The maximum absolute atomic E-state index is 12.9. The molecule has 0 saturated carbocycles. The van der Waals surface area contributed by atoms with Crippen LogP contribution in [0.15, 0.2) is 66.6 Å². The summed E-state index contributed by atoms with van der Waals surface area (Å²) < 4.78 is 20.2. The molecule has 0 fully saturated rings. The number of fused-ring (bicyclic) bond motifs is 2. The summed E-state index contributed by atoms with van der Waals surface area (Å²) in [6.07, 6.45) is 3.34. The second kappa shape index (κ2) is 6.73. The fourth-order valence-corrected chi connectivity index (χ4v) is 3.82. The van der Waals surface area contributed by atoms with Crippen molar-refractivity contribution in [1.29, 1.82) is 0 Å². The minimum atomic E-state index is -0.493. The first-order chi connectivity index (χ1) is 14.6. The lowest BCUT2D eigenvalue weighted by Gasteiger charge is -2.06. The number of benzene rings is 2. The Labute approximate surface area is 170 Å². The van der Waals surface area contributed by atoms with E-state index in [-0.39, 0.29) is 22.8 Å². The Morgan fingerprint density at radius 2 is 1.97 bits per heavy atom. The average molecular weight is 402 g/mol. The van der Waals surface area contributed by atoms with Crippen molar-refractivity contribution < 1.29 is 24.1 Å². The van der Waals surface area contributed by atoms with Crippen molar-refractivity contribution in [2.24, 2.45) is 7.05 Å². The first-order valence-corrected chi connectivity index (χ1v) is 9.17. The zero-order valence-electron chi connectivity index (χ0n) is 15.8. The highest BCUT2D eigenvalue weighted by Gasteiger charge is 2.32. The number of hydrogen-bond donors (Lipinski definition) is 1. The minimum Gasteiger partial charge on any atom is -0.507 e. The van der Waals surface area contributed by atoms with Crippen molar-refractivity contribution in [2.45, 2.75) is 0 Å². The molecule has 0 atom stereocenters. The van der Waals surface area contributed by atoms with Gasteiger partial charge in [-0.15, -0.1) is 0 Å². The molecule has 6 nitrogen and oxygen atoms in total. The highest BCUT2D eigenvalue weighted by Crippen LogP contribution is 2.42. The van der Waals surface area contributed by atoms with Gasteiger partial charge in [0, 0.05) is 40.9 Å². The molecule has 0 radical (unpaired) electrons. The smallest absolute Gasteiger partial charge is 0.235 e. The van der Waals surface area contributed by atoms with E-state index < -0.39 is 11.5 Å². The van der Waals surface area contributed by atoms with Crippen LogP contribution in [0.25, 0.3) is 28.4 Å². The number of hydrogen-bond acceptors (Lipinski definition) is 5. The molecule has 0 amide bonds. The van der Waals surface area contributed by atoms with E-state index in [4.69, 9.17) is 4.74 Å². The van der Waals surface area contributed by atoms with Crippen molar-refractivity contribution in [2.75, 3.05) is 0 Å². The third kappa shape index (κ3) is 2.63. The summed E-state index contributed by atoms with van der Waals surface area (Å²) in [4.78, 5) is 21.0. The van der Waals surface area contributed by atoms with Gasteiger partial charge in [0.1, 0.15) is 22.7 Å². The fraction of sp³-hybridized carbons (Fsp3) is 0.0435. The Kier molecular flexibility index (Phi) is 4.03. The van der Waals surface area contributed by atoms with Crippen LogP contribution in [-0.4, -0.2) is 20.4 Å². The van der Waals surface area contributed by atoms with Gasteiger partial charge in [0.2, 0.25) is 5.78 Å². The Bertz CT molecular complexity index is 1340. The van der Waals surface area contributed by atoms with E-state index >= 15 is 0 Å². The molecule has 7 heteroatoms. The molecule has 0 bridgehead atoms. The fourth-order valence-electron chi connectivity index (χ4n) is 3.82. The van der Waals surface area contributed by atoms with Crippen LogP contribution in [0.5, 0.6) is 17.2 Å². The lowest BCUT2D eigenvalue weighted by Crippen LogP contribution is -1.99. The van der Waals surface area contributed by atoms with Gasteiger partial charge in [-0.1, -0.05) is 30.3 Å². The lowest BCUT2D eigenvalue weighted by atomic mass is 10.0. The topological polar surface area (TPSA) is 73.6 Å². The van der Waals surface area contributed by atoms with E-state index in [1.165, 1.54) is 6.07 Å². The number of phenols is 1. The third-order valence-corrected chi connectivity index (χ3v) is 5.12. The van der Waals surface area contributed by atoms with E-state index in [0.717, 1.165) is 33.9 Å². The van der Waals surface area contributed by atoms with E-state index in [0.29, 0.717) is 0 Å². The standard InChI is InChI=1S/C23H15FN2O4/c1-26-21(13-6-3-2-4-7-13)16(15-8-5-9-25-23(15)26)12-19-22(28)20-17(27)10-14(30-24)11-18(20)29-19/h2-12,27H,1H3/b19-12-. The van der Waals surface area contributed by atoms with E-state index in [2.05, 4.69) is 9.93 Å². The summed E-state index contributed by atoms with van der Waals surface area (Å²) in [5, 5.41) is 11.0. The first kappa shape index (κ1) is 17.9. The predicted octanol–water partition coefficient (Wildman–Crippen LogP) is 4.83. The molecule has 2 aromatic carbocycles. The molecule has 2 aromatic heterocycles. The number of halogens is 1. The maximum Gasteiger partial charge on any atom is 0.235 e. The molecule has 148 valence electrons. The number of allylic oxidation sites excluding steroid dienone is 1. The molecular weight excluding hydrogens is 387 g/mol. The van der Waals surface area contributed by atoms with Crippen molar-refractivity contribution in [1.82, 2.24) is 9.55 Å². The molecule has 5 rings (SSSR count).